The SMILES string of the molecule is Cc1cccc(COc2ccc3ccccc3c2/C=N/NC(=O)CSc2nc3ccccc3[nH]2)c1. The number of nitrogens with one attached hydrogen (secondary N) is 2. The summed E-state index contributed by atoms with van der Waals surface area (Å²) in [5, 5.41) is 7.00. The summed E-state index contributed by atoms with van der Waals surface area (Å²) in [5.41, 5.74) is 7.55. The highest BCUT2D eigenvalue weighted by Gasteiger charge is 2.09. The summed E-state index contributed by atoms with van der Waals surface area (Å²) >= 11 is 1.34. The summed E-state index contributed by atoms with van der Waals surface area (Å²) in [5.74, 6) is 0.692. The highest BCUT2D eigenvalue weighted by Crippen LogP contribution is 2.27. The zero-order chi connectivity index (χ0) is 24.0. The molecule has 0 fully saturated rings. The molecule has 4 aromatic carbocycles. The number of rotatable bonds is 8. The lowest BCUT2D eigenvalue weighted by Gasteiger charge is -2.12. The molecule has 1 aromatic heterocycles. The van der Waals surface area contributed by atoms with E-state index in [9.17, 15) is 4.79 Å². The van der Waals surface area contributed by atoms with Crippen LogP contribution in [0.4, 0.5) is 0 Å². The fourth-order valence-electron chi connectivity index (χ4n) is 3.83. The number of H-pyrrole nitrogens is 1. The fourth-order valence-corrected chi connectivity index (χ4v) is 4.51. The van der Waals surface area contributed by atoms with E-state index in [0.29, 0.717) is 17.5 Å². The van der Waals surface area contributed by atoms with Crippen molar-refractivity contribution in [2.24, 2.45) is 5.10 Å². The van der Waals surface area contributed by atoms with E-state index in [4.69, 9.17) is 4.74 Å². The van der Waals surface area contributed by atoms with Crippen LogP contribution in [0.3, 0.4) is 0 Å². The molecule has 0 spiro atoms. The summed E-state index contributed by atoms with van der Waals surface area (Å²) in [6.07, 6.45) is 1.65. The zero-order valence-corrected chi connectivity index (χ0v) is 20.0. The minimum Gasteiger partial charge on any atom is -0.488 e. The van der Waals surface area contributed by atoms with E-state index in [1.165, 1.54) is 17.3 Å². The number of para-hydroxylation sites is 2. The summed E-state index contributed by atoms with van der Waals surface area (Å²) < 4.78 is 6.16. The van der Waals surface area contributed by atoms with Gasteiger partial charge >= 0.3 is 0 Å². The zero-order valence-electron chi connectivity index (χ0n) is 19.2. The molecule has 35 heavy (non-hydrogen) atoms. The van der Waals surface area contributed by atoms with Gasteiger partial charge < -0.3 is 9.72 Å². The second-order valence-corrected chi connectivity index (χ2v) is 9.08. The van der Waals surface area contributed by atoms with E-state index < -0.39 is 0 Å². The molecule has 0 aliphatic carbocycles. The minimum atomic E-state index is -0.214. The van der Waals surface area contributed by atoms with Crippen LogP contribution < -0.4 is 10.2 Å². The average molecular weight is 481 g/mol. The number of carbonyl (C=O) groups is 1. The van der Waals surface area contributed by atoms with E-state index >= 15 is 0 Å². The van der Waals surface area contributed by atoms with E-state index in [-0.39, 0.29) is 11.7 Å². The molecule has 7 heteroatoms. The number of ether oxygens (including phenoxy) is 1. The monoisotopic (exact) mass is 480 g/mol. The molecule has 2 N–H and O–H groups in total. The van der Waals surface area contributed by atoms with Gasteiger partial charge in [0, 0.05) is 5.56 Å². The van der Waals surface area contributed by atoms with Gasteiger partial charge in [0.05, 0.1) is 23.0 Å². The van der Waals surface area contributed by atoms with Crippen molar-refractivity contribution in [1.29, 1.82) is 0 Å². The molecule has 1 amide bonds. The van der Waals surface area contributed by atoms with Crippen LogP contribution in [0.15, 0.2) is 95.2 Å². The first-order chi connectivity index (χ1) is 17.2. The maximum atomic E-state index is 12.4. The quantitative estimate of drug-likeness (QED) is 0.166. The molecular weight excluding hydrogens is 456 g/mol. The van der Waals surface area contributed by atoms with Crippen molar-refractivity contribution in [3.05, 3.63) is 102 Å². The third-order valence-electron chi connectivity index (χ3n) is 5.50. The number of thioether (sulfide) groups is 1. The van der Waals surface area contributed by atoms with E-state index in [2.05, 4.69) is 39.6 Å². The van der Waals surface area contributed by atoms with Crippen LogP contribution in [0.5, 0.6) is 5.75 Å². The normalized spacial score (nSPS) is 11.3. The molecule has 0 saturated heterocycles. The van der Waals surface area contributed by atoms with Crippen molar-refractivity contribution >= 4 is 45.7 Å². The maximum absolute atomic E-state index is 12.4. The molecule has 5 aromatic rings. The fraction of sp³-hybridized carbons (Fsp3) is 0.107. The van der Waals surface area contributed by atoms with Crippen molar-refractivity contribution in [3.63, 3.8) is 0 Å². The number of imidazole rings is 1. The maximum Gasteiger partial charge on any atom is 0.250 e. The molecule has 0 saturated carbocycles. The summed E-state index contributed by atoms with van der Waals surface area (Å²) in [6.45, 7) is 2.51. The summed E-state index contributed by atoms with van der Waals surface area (Å²) in [7, 11) is 0. The van der Waals surface area contributed by atoms with Gasteiger partial charge in [0.1, 0.15) is 12.4 Å². The van der Waals surface area contributed by atoms with E-state index in [0.717, 1.165) is 32.9 Å². The van der Waals surface area contributed by atoms with Crippen molar-refractivity contribution < 1.29 is 9.53 Å². The lowest BCUT2D eigenvalue weighted by molar-refractivity contribution is -0.118. The molecule has 5 rings (SSSR count). The highest BCUT2D eigenvalue weighted by atomic mass is 32.2. The molecule has 1 heterocycles. The van der Waals surface area contributed by atoms with Crippen molar-refractivity contribution in [2.45, 2.75) is 18.7 Å². The Kier molecular flexibility index (Phi) is 6.77. The number of aromatic amines is 1. The van der Waals surface area contributed by atoms with Crippen molar-refractivity contribution in [1.82, 2.24) is 15.4 Å². The first-order valence-electron chi connectivity index (χ1n) is 11.3. The van der Waals surface area contributed by atoms with Gasteiger partial charge in [0.25, 0.3) is 5.91 Å². The Balaban J connectivity index is 1.28. The Morgan fingerprint density at radius 2 is 1.91 bits per heavy atom. The Morgan fingerprint density at radius 3 is 2.80 bits per heavy atom. The second kappa shape index (κ2) is 10.4. The van der Waals surface area contributed by atoms with Crippen LogP contribution >= 0.6 is 11.8 Å². The number of amides is 1. The molecule has 6 nitrogen and oxygen atoms in total. The number of hydrazone groups is 1. The van der Waals surface area contributed by atoms with Gasteiger partial charge in [-0.3, -0.25) is 4.79 Å². The number of hydrogen-bond acceptors (Lipinski definition) is 5. The van der Waals surface area contributed by atoms with Gasteiger partial charge in [-0.05, 0) is 41.5 Å². The first-order valence-corrected chi connectivity index (χ1v) is 12.2. The largest absolute Gasteiger partial charge is 0.488 e. The third kappa shape index (κ3) is 5.53. The van der Waals surface area contributed by atoms with Crippen LogP contribution in [-0.4, -0.2) is 27.8 Å². The van der Waals surface area contributed by atoms with Gasteiger partial charge in [-0.2, -0.15) is 5.10 Å². The Morgan fingerprint density at radius 1 is 1.06 bits per heavy atom. The Hall–Kier alpha value is -4.10. The first kappa shape index (κ1) is 22.7. The summed E-state index contributed by atoms with van der Waals surface area (Å²) in [6, 6.07) is 28.0. The molecule has 0 atom stereocenters. The predicted octanol–water partition coefficient (Wildman–Crippen LogP) is 5.85. The summed E-state index contributed by atoms with van der Waals surface area (Å²) in [4.78, 5) is 20.1. The van der Waals surface area contributed by atoms with E-state index in [1.807, 2.05) is 72.8 Å². The third-order valence-corrected chi connectivity index (χ3v) is 6.37. The standard InChI is InChI=1S/C28H24N4O2S/c1-19-7-6-8-20(15-19)17-34-26-14-13-21-9-2-3-10-22(21)23(26)16-29-32-27(33)18-35-28-30-24-11-4-5-12-25(24)31-28/h2-16H,17-18H2,1H3,(H,30,31)(H,32,33)/b29-16+. The average Bonchev–Trinajstić information content (AvgIpc) is 3.30. The molecule has 0 aliphatic heterocycles. The molecule has 0 radical (unpaired) electrons. The Bertz CT molecular complexity index is 1490. The molecule has 0 unspecified atom stereocenters. The van der Waals surface area contributed by atoms with Gasteiger partial charge in [0.15, 0.2) is 5.16 Å². The highest BCUT2D eigenvalue weighted by molar-refractivity contribution is 7.99. The second-order valence-electron chi connectivity index (χ2n) is 8.12. The van der Waals surface area contributed by atoms with E-state index in [1.54, 1.807) is 6.21 Å². The number of aromatic nitrogens is 2. The van der Waals surface area contributed by atoms with Crippen molar-refractivity contribution in [3.8, 4) is 5.75 Å². The molecule has 0 aliphatic rings. The molecule has 0 bridgehead atoms. The van der Waals surface area contributed by atoms with Gasteiger partial charge in [-0.15, -0.1) is 0 Å². The molecule has 174 valence electrons. The van der Waals surface area contributed by atoms with Gasteiger partial charge in [-0.1, -0.05) is 84.1 Å². The lowest BCUT2D eigenvalue weighted by atomic mass is 10.0. The topological polar surface area (TPSA) is 79.4 Å². The van der Waals surface area contributed by atoms with Crippen LogP contribution in [-0.2, 0) is 11.4 Å². The van der Waals surface area contributed by atoms with Crippen molar-refractivity contribution in [2.75, 3.05) is 5.75 Å². The lowest BCUT2D eigenvalue weighted by Crippen LogP contribution is -2.19. The smallest absolute Gasteiger partial charge is 0.250 e. The van der Waals surface area contributed by atoms with Gasteiger partial charge in [0.2, 0.25) is 0 Å². The predicted molar refractivity (Wildman–Crippen MR) is 142 cm³/mol. The number of fused-ring (bicyclic) bond motifs is 2. The van der Waals surface area contributed by atoms with Gasteiger partial charge in [-0.25, -0.2) is 10.4 Å². The van der Waals surface area contributed by atoms with Crippen LogP contribution in [0.25, 0.3) is 21.8 Å². The minimum absolute atomic E-state index is 0.198. The number of hydrogen-bond donors (Lipinski definition) is 2. The van der Waals surface area contributed by atoms with Crippen LogP contribution in [0.2, 0.25) is 0 Å². The number of carbonyl (C=O) groups excluding carboxylic acids is 1. The number of benzene rings is 4. The number of nitrogens with zero attached hydrogens (tertiary/aromatic N) is 2. The van der Waals surface area contributed by atoms with Crippen LogP contribution in [0.1, 0.15) is 16.7 Å². The Labute approximate surface area is 207 Å². The molecular formula is C28H24N4O2S. The van der Waals surface area contributed by atoms with Crippen LogP contribution in [0, 0.1) is 6.92 Å². The number of aryl methyl sites for hydroxylation is 1.